The summed E-state index contributed by atoms with van der Waals surface area (Å²) in [5.41, 5.74) is -1.07. The van der Waals surface area contributed by atoms with E-state index in [0.717, 1.165) is 0 Å². The van der Waals surface area contributed by atoms with Gasteiger partial charge in [-0.15, -0.1) is 0 Å². The van der Waals surface area contributed by atoms with Gasteiger partial charge in [0.2, 0.25) is 0 Å². The lowest BCUT2D eigenvalue weighted by Crippen LogP contribution is -2.55. The van der Waals surface area contributed by atoms with Crippen LogP contribution in [0.25, 0.3) is 0 Å². The fourth-order valence-corrected chi connectivity index (χ4v) is 1.70. The minimum Gasteiger partial charge on any atom is -0.380 e. The van der Waals surface area contributed by atoms with E-state index in [2.05, 4.69) is 19.2 Å². The van der Waals surface area contributed by atoms with Gasteiger partial charge < -0.3 is 10.4 Å². The molecule has 0 saturated heterocycles. The van der Waals surface area contributed by atoms with E-state index in [9.17, 15) is 9.90 Å². The van der Waals surface area contributed by atoms with Crippen LogP contribution in [0.1, 0.15) is 26.7 Å². The SMILES string of the molecule is CNC(=O)C1(O)CC(C(C)C)C1. The second-order valence-electron chi connectivity index (χ2n) is 4.02. The molecule has 1 aliphatic rings. The van der Waals surface area contributed by atoms with Gasteiger partial charge in [0.05, 0.1) is 0 Å². The summed E-state index contributed by atoms with van der Waals surface area (Å²) in [4.78, 5) is 11.1. The summed E-state index contributed by atoms with van der Waals surface area (Å²) in [6, 6.07) is 0. The molecule has 1 rings (SSSR count). The molecule has 0 aromatic heterocycles. The number of nitrogens with one attached hydrogen (secondary N) is 1. The highest BCUT2D eigenvalue weighted by Crippen LogP contribution is 2.42. The van der Waals surface area contributed by atoms with Crippen molar-refractivity contribution in [2.45, 2.75) is 32.3 Å². The van der Waals surface area contributed by atoms with Gasteiger partial charge in [-0.25, -0.2) is 0 Å². The smallest absolute Gasteiger partial charge is 0.251 e. The van der Waals surface area contributed by atoms with Gasteiger partial charge in [-0.1, -0.05) is 13.8 Å². The average Bonchev–Trinajstić information content (AvgIpc) is 1.96. The lowest BCUT2D eigenvalue weighted by Gasteiger charge is -2.43. The van der Waals surface area contributed by atoms with E-state index in [4.69, 9.17) is 0 Å². The number of hydrogen-bond acceptors (Lipinski definition) is 2. The van der Waals surface area contributed by atoms with Crippen LogP contribution in [-0.4, -0.2) is 23.7 Å². The molecule has 1 fully saturated rings. The number of rotatable bonds is 2. The van der Waals surface area contributed by atoms with Crippen molar-refractivity contribution >= 4 is 5.91 Å². The van der Waals surface area contributed by atoms with Gasteiger partial charge in [-0.3, -0.25) is 4.79 Å². The Morgan fingerprint density at radius 3 is 2.42 bits per heavy atom. The lowest BCUT2D eigenvalue weighted by atomic mass is 9.66. The Kier molecular flexibility index (Phi) is 2.42. The van der Waals surface area contributed by atoms with Gasteiger partial charge in [-0.05, 0) is 24.7 Å². The molecule has 1 saturated carbocycles. The predicted octanol–water partition coefficient (Wildman–Crippen LogP) is 0.529. The average molecular weight is 171 g/mol. The highest BCUT2D eigenvalue weighted by molar-refractivity contribution is 5.85. The fraction of sp³-hybridized carbons (Fsp3) is 0.889. The highest BCUT2D eigenvalue weighted by Gasteiger charge is 2.48. The quantitative estimate of drug-likeness (QED) is 0.636. The molecule has 0 radical (unpaired) electrons. The Morgan fingerprint density at radius 1 is 1.58 bits per heavy atom. The summed E-state index contributed by atoms with van der Waals surface area (Å²) in [5, 5.41) is 12.2. The first-order valence-electron chi connectivity index (χ1n) is 4.44. The molecule has 0 aromatic carbocycles. The van der Waals surface area contributed by atoms with Crippen LogP contribution < -0.4 is 5.32 Å². The summed E-state index contributed by atoms with van der Waals surface area (Å²) in [6.07, 6.45) is 1.23. The molecule has 0 bridgehead atoms. The largest absolute Gasteiger partial charge is 0.380 e. The first-order valence-corrected chi connectivity index (χ1v) is 4.44. The maximum Gasteiger partial charge on any atom is 0.251 e. The van der Waals surface area contributed by atoms with Gasteiger partial charge in [0.25, 0.3) is 5.91 Å². The number of likely N-dealkylation sites (N-methyl/N-ethyl adjacent to an activating group) is 1. The van der Waals surface area contributed by atoms with Crippen molar-refractivity contribution in [2.75, 3.05) is 7.05 Å². The molecule has 0 aromatic rings. The Hall–Kier alpha value is -0.570. The third-order valence-electron chi connectivity index (χ3n) is 2.79. The molecule has 0 spiro atoms. The Morgan fingerprint density at radius 2 is 2.08 bits per heavy atom. The molecule has 70 valence electrons. The zero-order chi connectivity index (χ0) is 9.35. The monoisotopic (exact) mass is 171 g/mol. The van der Waals surface area contributed by atoms with Gasteiger partial charge >= 0.3 is 0 Å². The molecule has 0 unspecified atom stereocenters. The van der Waals surface area contributed by atoms with Crippen LogP contribution in [-0.2, 0) is 4.79 Å². The summed E-state index contributed by atoms with van der Waals surface area (Å²) in [6.45, 7) is 4.24. The normalized spacial score (nSPS) is 34.6. The summed E-state index contributed by atoms with van der Waals surface area (Å²) >= 11 is 0. The molecule has 12 heavy (non-hydrogen) atoms. The van der Waals surface area contributed by atoms with E-state index in [1.165, 1.54) is 0 Å². The maximum atomic E-state index is 11.1. The Balaban J connectivity index is 2.45. The topological polar surface area (TPSA) is 49.3 Å². The van der Waals surface area contributed by atoms with Crippen LogP contribution in [0.4, 0.5) is 0 Å². The third kappa shape index (κ3) is 1.46. The van der Waals surface area contributed by atoms with E-state index < -0.39 is 5.60 Å². The predicted molar refractivity (Wildman–Crippen MR) is 46.6 cm³/mol. The lowest BCUT2D eigenvalue weighted by molar-refractivity contribution is -0.157. The van der Waals surface area contributed by atoms with E-state index in [1.54, 1.807) is 7.05 Å². The van der Waals surface area contributed by atoms with E-state index in [1.807, 2.05) is 0 Å². The van der Waals surface area contributed by atoms with Crippen molar-refractivity contribution < 1.29 is 9.90 Å². The number of amides is 1. The molecule has 0 atom stereocenters. The van der Waals surface area contributed by atoms with Crippen molar-refractivity contribution in [1.29, 1.82) is 0 Å². The zero-order valence-electron chi connectivity index (χ0n) is 7.92. The summed E-state index contributed by atoms with van der Waals surface area (Å²) in [7, 11) is 1.56. The van der Waals surface area contributed by atoms with Crippen molar-refractivity contribution in [3.8, 4) is 0 Å². The van der Waals surface area contributed by atoms with Crippen molar-refractivity contribution in [3.63, 3.8) is 0 Å². The van der Waals surface area contributed by atoms with E-state index in [-0.39, 0.29) is 5.91 Å². The molecule has 2 N–H and O–H groups in total. The van der Waals surface area contributed by atoms with E-state index >= 15 is 0 Å². The zero-order valence-corrected chi connectivity index (χ0v) is 7.92. The van der Waals surface area contributed by atoms with Crippen molar-refractivity contribution in [3.05, 3.63) is 0 Å². The van der Waals surface area contributed by atoms with Crippen molar-refractivity contribution in [1.82, 2.24) is 5.32 Å². The maximum absolute atomic E-state index is 11.1. The number of aliphatic hydroxyl groups is 1. The summed E-state index contributed by atoms with van der Waals surface area (Å²) in [5.74, 6) is 0.835. The standard InChI is InChI=1S/C9H17NO2/c1-6(2)7-4-9(12,5-7)8(11)10-3/h6-7,12H,4-5H2,1-3H3,(H,10,11). The van der Waals surface area contributed by atoms with Gasteiger partial charge in [-0.2, -0.15) is 0 Å². The molecule has 1 aliphatic carbocycles. The van der Waals surface area contributed by atoms with E-state index in [0.29, 0.717) is 24.7 Å². The summed E-state index contributed by atoms with van der Waals surface area (Å²) < 4.78 is 0. The molecular formula is C9H17NO2. The number of hydrogen-bond donors (Lipinski definition) is 2. The van der Waals surface area contributed by atoms with Gasteiger partial charge in [0.1, 0.15) is 5.60 Å². The molecule has 0 aliphatic heterocycles. The number of carbonyl (C=O) groups excluding carboxylic acids is 1. The second kappa shape index (κ2) is 3.05. The number of carbonyl (C=O) groups is 1. The molecular weight excluding hydrogens is 154 g/mol. The van der Waals surface area contributed by atoms with Crippen molar-refractivity contribution in [2.24, 2.45) is 11.8 Å². The molecule has 3 nitrogen and oxygen atoms in total. The minimum atomic E-state index is -1.07. The highest BCUT2D eigenvalue weighted by atomic mass is 16.3. The van der Waals surface area contributed by atoms with Crippen LogP contribution in [0.15, 0.2) is 0 Å². The van der Waals surface area contributed by atoms with Crippen LogP contribution >= 0.6 is 0 Å². The third-order valence-corrected chi connectivity index (χ3v) is 2.79. The van der Waals surface area contributed by atoms with Crippen LogP contribution in [0, 0.1) is 11.8 Å². The minimum absolute atomic E-state index is 0.237. The second-order valence-corrected chi connectivity index (χ2v) is 4.02. The molecule has 3 heteroatoms. The van der Waals surface area contributed by atoms with Crippen LogP contribution in [0.3, 0.4) is 0 Å². The van der Waals surface area contributed by atoms with Gasteiger partial charge in [0.15, 0.2) is 0 Å². The Bertz CT molecular complexity index is 183. The molecule has 1 amide bonds. The molecule has 0 heterocycles. The van der Waals surface area contributed by atoms with Crippen LogP contribution in [0.2, 0.25) is 0 Å². The van der Waals surface area contributed by atoms with Gasteiger partial charge in [0, 0.05) is 7.05 Å². The fourth-order valence-electron chi connectivity index (χ4n) is 1.70. The van der Waals surface area contributed by atoms with Crippen LogP contribution in [0.5, 0.6) is 0 Å². The Labute approximate surface area is 73.2 Å². The first-order chi connectivity index (χ1) is 5.49. The first kappa shape index (κ1) is 9.52.